The molecule has 1 atom stereocenters. The van der Waals surface area contributed by atoms with Gasteiger partial charge in [-0.05, 0) is 93.2 Å². The summed E-state index contributed by atoms with van der Waals surface area (Å²) in [4.78, 5) is 4.88. The minimum Gasteiger partial charge on any atom is -0.494 e. The van der Waals surface area contributed by atoms with E-state index in [4.69, 9.17) is 17.0 Å². The van der Waals surface area contributed by atoms with Crippen LogP contribution in [0.1, 0.15) is 64.5 Å². The summed E-state index contributed by atoms with van der Waals surface area (Å²) in [7, 11) is 0. The third-order valence-electron chi connectivity index (χ3n) is 6.29. The van der Waals surface area contributed by atoms with Crippen LogP contribution in [0.5, 0.6) is 5.75 Å². The summed E-state index contributed by atoms with van der Waals surface area (Å²) in [6, 6.07) is 15.4. The van der Waals surface area contributed by atoms with Crippen molar-refractivity contribution in [3.8, 4) is 5.75 Å². The Kier molecular flexibility index (Phi) is 9.22. The lowest BCUT2D eigenvalue weighted by atomic mass is 9.98. The van der Waals surface area contributed by atoms with E-state index in [1.54, 1.807) is 0 Å². The van der Waals surface area contributed by atoms with Gasteiger partial charge in [0.2, 0.25) is 0 Å². The van der Waals surface area contributed by atoms with Gasteiger partial charge in [-0.2, -0.15) is 0 Å². The molecule has 3 rings (SSSR count). The molecule has 4 nitrogen and oxygen atoms in total. The fraction of sp³-hybridized carbons (Fsp3) is 0.519. The predicted octanol–water partition coefficient (Wildman–Crippen LogP) is 6.64. The molecule has 1 N–H and O–H groups in total. The molecule has 1 heterocycles. The van der Waals surface area contributed by atoms with Crippen molar-refractivity contribution in [2.45, 2.75) is 72.4 Å². The van der Waals surface area contributed by atoms with Crippen LogP contribution in [-0.2, 0) is 13.0 Å². The Balaban J connectivity index is 1.72. The molecule has 0 aromatic heterocycles. The number of anilines is 2. The fourth-order valence-corrected chi connectivity index (χ4v) is 4.61. The van der Waals surface area contributed by atoms with Crippen molar-refractivity contribution in [3.05, 3.63) is 53.6 Å². The molecule has 0 fully saturated rings. The van der Waals surface area contributed by atoms with Gasteiger partial charge in [0.1, 0.15) is 5.75 Å². The van der Waals surface area contributed by atoms with Gasteiger partial charge in [0.25, 0.3) is 0 Å². The molecular weight excluding hydrogens is 414 g/mol. The van der Waals surface area contributed by atoms with Crippen LogP contribution in [0.2, 0.25) is 0 Å². The topological polar surface area (TPSA) is 27.7 Å². The van der Waals surface area contributed by atoms with Crippen LogP contribution in [-0.4, -0.2) is 35.8 Å². The first-order chi connectivity index (χ1) is 15.5. The van der Waals surface area contributed by atoms with Gasteiger partial charge in [-0.1, -0.05) is 32.4 Å². The van der Waals surface area contributed by atoms with Gasteiger partial charge in [0.15, 0.2) is 5.11 Å². The van der Waals surface area contributed by atoms with Gasteiger partial charge in [-0.3, -0.25) is 0 Å². The number of benzene rings is 2. The number of thiocarbonyl (C=S) groups is 1. The van der Waals surface area contributed by atoms with Crippen LogP contribution in [0, 0.1) is 0 Å². The van der Waals surface area contributed by atoms with Crippen LogP contribution in [0.3, 0.4) is 0 Å². The third-order valence-corrected chi connectivity index (χ3v) is 6.63. The minimum absolute atomic E-state index is 0.356. The zero-order valence-electron chi connectivity index (χ0n) is 20.2. The SMILES string of the molecule is CCCCN1CCCc2cc(CN(C(=S)Nc3ccc(OCC)cc3)[C@@H](C)CC)ccc21. The van der Waals surface area contributed by atoms with E-state index in [1.807, 2.05) is 31.2 Å². The summed E-state index contributed by atoms with van der Waals surface area (Å²) in [6.45, 7) is 12.6. The zero-order valence-corrected chi connectivity index (χ0v) is 21.0. The van der Waals surface area contributed by atoms with Gasteiger partial charge in [0, 0.05) is 37.1 Å². The highest BCUT2D eigenvalue weighted by Gasteiger charge is 2.20. The molecule has 0 unspecified atom stereocenters. The molecule has 32 heavy (non-hydrogen) atoms. The molecule has 0 radical (unpaired) electrons. The number of rotatable bonds is 10. The van der Waals surface area contributed by atoms with E-state index in [1.165, 1.54) is 49.0 Å². The Morgan fingerprint density at radius 2 is 1.94 bits per heavy atom. The molecule has 2 aromatic carbocycles. The van der Waals surface area contributed by atoms with Gasteiger partial charge >= 0.3 is 0 Å². The van der Waals surface area contributed by atoms with Gasteiger partial charge in [0.05, 0.1) is 6.61 Å². The van der Waals surface area contributed by atoms with Crippen LogP contribution in [0.25, 0.3) is 0 Å². The Bertz CT molecular complexity index is 868. The average molecular weight is 454 g/mol. The number of nitrogens with zero attached hydrogens (tertiary/aromatic N) is 2. The first-order valence-corrected chi connectivity index (χ1v) is 12.6. The lowest BCUT2D eigenvalue weighted by Gasteiger charge is -2.34. The second-order valence-corrected chi connectivity index (χ2v) is 9.07. The summed E-state index contributed by atoms with van der Waals surface area (Å²) in [5.41, 5.74) is 5.24. The minimum atomic E-state index is 0.356. The third kappa shape index (κ3) is 6.38. The summed E-state index contributed by atoms with van der Waals surface area (Å²) < 4.78 is 5.55. The number of nitrogens with one attached hydrogen (secondary N) is 1. The van der Waals surface area contributed by atoms with Crippen LogP contribution in [0.4, 0.5) is 11.4 Å². The van der Waals surface area contributed by atoms with E-state index in [-0.39, 0.29) is 0 Å². The molecule has 0 spiro atoms. The molecule has 1 aliphatic rings. The Morgan fingerprint density at radius 1 is 1.16 bits per heavy atom. The summed E-state index contributed by atoms with van der Waals surface area (Å²) in [5.74, 6) is 0.879. The van der Waals surface area contributed by atoms with Crippen LogP contribution < -0.4 is 15.0 Å². The van der Waals surface area contributed by atoms with E-state index in [0.717, 1.165) is 36.1 Å². The van der Waals surface area contributed by atoms with Crippen molar-refractivity contribution in [3.63, 3.8) is 0 Å². The fourth-order valence-electron chi connectivity index (χ4n) is 4.25. The molecule has 0 saturated heterocycles. The summed E-state index contributed by atoms with van der Waals surface area (Å²) in [6.07, 6.45) is 5.96. The largest absolute Gasteiger partial charge is 0.494 e. The van der Waals surface area contributed by atoms with Crippen molar-refractivity contribution >= 4 is 28.7 Å². The van der Waals surface area contributed by atoms with Gasteiger partial charge in [-0.25, -0.2) is 0 Å². The first-order valence-electron chi connectivity index (χ1n) is 12.2. The maximum Gasteiger partial charge on any atom is 0.173 e. The number of hydrogen-bond acceptors (Lipinski definition) is 3. The number of aryl methyl sites for hydroxylation is 1. The standard InChI is InChI=1S/C27H39N3OS/c1-5-8-17-29-18-9-10-23-19-22(11-16-26(23)29)20-30(21(4)6-2)27(32)28-24-12-14-25(15-13-24)31-7-3/h11-16,19,21H,5-10,17-18,20H2,1-4H3,(H,28,32)/t21-/m0/s1. The van der Waals surface area contributed by atoms with E-state index in [0.29, 0.717) is 12.6 Å². The van der Waals surface area contributed by atoms with Crippen molar-refractivity contribution in [1.29, 1.82) is 0 Å². The quantitative estimate of drug-likeness (QED) is 0.407. The number of ether oxygens (including phenoxy) is 1. The molecule has 2 aromatic rings. The Hall–Kier alpha value is -2.27. The van der Waals surface area contributed by atoms with Gasteiger partial charge < -0.3 is 19.9 Å². The first kappa shape index (κ1) is 24.4. The van der Waals surface area contributed by atoms with E-state index >= 15 is 0 Å². The maximum atomic E-state index is 5.85. The lowest BCUT2D eigenvalue weighted by Crippen LogP contribution is -2.40. The highest BCUT2D eigenvalue weighted by atomic mass is 32.1. The summed E-state index contributed by atoms with van der Waals surface area (Å²) >= 11 is 5.85. The molecule has 1 aliphatic heterocycles. The Labute approximate surface area is 199 Å². The van der Waals surface area contributed by atoms with Crippen molar-refractivity contribution in [1.82, 2.24) is 4.90 Å². The monoisotopic (exact) mass is 453 g/mol. The lowest BCUT2D eigenvalue weighted by molar-refractivity contribution is 0.319. The smallest absolute Gasteiger partial charge is 0.173 e. The second-order valence-electron chi connectivity index (χ2n) is 8.68. The van der Waals surface area contributed by atoms with Gasteiger partial charge in [-0.15, -0.1) is 0 Å². The maximum absolute atomic E-state index is 5.85. The normalized spacial score (nSPS) is 13.9. The van der Waals surface area contributed by atoms with Crippen LogP contribution >= 0.6 is 12.2 Å². The molecule has 0 bridgehead atoms. The molecule has 0 saturated carbocycles. The van der Waals surface area contributed by atoms with Crippen LogP contribution in [0.15, 0.2) is 42.5 Å². The summed E-state index contributed by atoms with van der Waals surface area (Å²) in [5, 5.41) is 4.20. The molecule has 5 heteroatoms. The average Bonchev–Trinajstić information content (AvgIpc) is 2.81. The number of fused-ring (bicyclic) bond motifs is 1. The van der Waals surface area contributed by atoms with E-state index in [2.05, 4.69) is 54.1 Å². The molecule has 174 valence electrons. The van der Waals surface area contributed by atoms with E-state index in [9.17, 15) is 0 Å². The number of hydrogen-bond donors (Lipinski definition) is 1. The molecule has 0 aliphatic carbocycles. The van der Waals surface area contributed by atoms with E-state index < -0.39 is 0 Å². The van der Waals surface area contributed by atoms with Crippen molar-refractivity contribution in [2.24, 2.45) is 0 Å². The highest BCUT2D eigenvalue weighted by Crippen LogP contribution is 2.29. The number of unbranched alkanes of at least 4 members (excludes halogenated alkanes) is 1. The Morgan fingerprint density at radius 3 is 2.62 bits per heavy atom. The second kappa shape index (κ2) is 12.1. The van der Waals surface area contributed by atoms with Crippen molar-refractivity contribution in [2.75, 3.05) is 29.9 Å². The van der Waals surface area contributed by atoms with Crippen molar-refractivity contribution < 1.29 is 4.74 Å². The predicted molar refractivity (Wildman–Crippen MR) is 141 cm³/mol. The zero-order chi connectivity index (χ0) is 22.9. The molecule has 0 amide bonds. The highest BCUT2D eigenvalue weighted by molar-refractivity contribution is 7.80. The molecular formula is C27H39N3OS.